The van der Waals surface area contributed by atoms with Gasteiger partial charge in [-0.3, -0.25) is 4.98 Å². The van der Waals surface area contributed by atoms with Gasteiger partial charge in [0.15, 0.2) is 0 Å². The van der Waals surface area contributed by atoms with Gasteiger partial charge in [0.05, 0.1) is 11.9 Å². The predicted molar refractivity (Wildman–Crippen MR) is 145 cm³/mol. The molecule has 0 spiro atoms. The van der Waals surface area contributed by atoms with Crippen LogP contribution in [0.5, 0.6) is 0 Å². The van der Waals surface area contributed by atoms with Gasteiger partial charge in [-0.05, 0) is 78.8 Å². The molecule has 0 bridgehead atoms. The van der Waals surface area contributed by atoms with Gasteiger partial charge >= 0.3 is 0 Å². The monoisotopic (exact) mass is 441 g/mol. The van der Waals surface area contributed by atoms with Crippen LogP contribution in [0.1, 0.15) is 74.6 Å². The lowest BCUT2D eigenvalue weighted by Gasteiger charge is -2.25. The van der Waals surface area contributed by atoms with E-state index in [0.717, 1.165) is 36.2 Å². The smallest absolute Gasteiger partial charge is 0.0602 e. The molecule has 3 rings (SSSR count). The summed E-state index contributed by atoms with van der Waals surface area (Å²) in [5.74, 6) is 0.992. The molecule has 2 aromatic carbocycles. The maximum absolute atomic E-state index is 4.31. The van der Waals surface area contributed by atoms with E-state index >= 15 is 0 Å². The Hall–Kier alpha value is -3.07. The minimum Gasteiger partial charge on any atom is -0.383 e. The zero-order valence-electron chi connectivity index (χ0n) is 21.2. The Bertz CT molecular complexity index is 1070. The number of hydrogen-bond donors (Lipinski definition) is 1. The van der Waals surface area contributed by atoms with E-state index in [1.807, 2.05) is 25.4 Å². The number of allylic oxidation sites excluding steroid dienone is 1. The van der Waals surface area contributed by atoms with Crippen LogP contribution in [0.15, 0.2) is 67.5 Å². The van der Waals surface area contributed by atoms with Crippen molar-refractivity contribution >= 4 is 22.6 Å². The summed E-state index contributed by atoms with van der Waals surface area (Å²) in [6.45, 7) is 16.0. The summed E-state index contributed by atoms with van der Waals surface area (Å²) in [5.41, 5.74) is 9.80. The quantitative estimate of drug-likeness (QED) is 0.343. The first-order chi connectivity index (χ1) is 15.8. The first kappa shape index (κ1) is 24.6. The minimum atomic E-state index is 0.442. The Labute approximate surface area is 200 Å². The molecule has 3 aromatic rings. The zero-order valence-corrected chi connectivity index (χ0v) is 21.2. The second kappa shape index (κ2) is 11.2. The standard InChI is InChI=1S/C30H39N3/c1-8-9-25(19-32-30-20-31-17-16-28(30)22(4)5)29-15-14-27(18-23(29)6)33(7)26-12-10-24(11-13-26)21(2)3/h10-18,20-21,25,32H,4,8-9,19H2,1-3,5-7H3. The van der Waals surface area contributed by atoms with Crippen LogP contribution in [0.3, 0.4) is 0 Å². The van der Waals surface area contributed by atoms with Crippen molar-refractivity contribution in [3.63, 3.8) is 0 Å². The normalized spacial score (nSPS) is 12.0. The van der Waals surface area contributed by atoms with Gasteiger partial charge in [0.1, 0.15) is 0 Å². The summed E-state index contributed by atoms with van der Waals surface area (Å²) in [6.07, 6.45) is 6.02. The van der Waals surface area contributed by atoms with Crippen molar-refractivity contribution in [1.82, 2.24) is 4.98 Å². The summed E-state index contributed by atoms with van der Waals surface area (Å²) in [5, 5.41) is 3.65. The molecule has 1 N–H and O–H groups in total. The maximum Gasteiger partial charge on any atom is 0.0602 e. The molecular formula is C30H39N3. The van der Waals surface area contributed by atoms with Crippen molar-refractivity contribution in [1.29, 1.82) is 0 Å². The van der Waals surface area contributed by atoms with Crippen LogP contribution >= 0.6 is 0 Å². The number of benzene rings is 2. The van der Waals surface area contributed by atoms with Gasteiger partial charge in [-0.15, -0.1) is 0 Å². The van der Waals surface area contributed by atoms with E-state index in [-0.39, 0.29) is 0 Å². The number of hydrogen-bond acceptors (Lipinski definition) is 3. The van der Waals surface area contributed by atoms with Gasteiger partial charge in [0.2, 0.25) is 0 Å². The number of nitrogens with one attached hydrogen (secondary N) is 1. The predicted octanol–water partition coefficient (Wildman–Crippen LogP) is 8.31. The fourth-order valence-corrected chi connectivity index (χ4v) is 4.42. The first-order valence-corrected chi connectivity index (χ1v) is 12.1. The van der Waals surface area contributed by atoms with Gasteiger partial charge in [-0.25, -0.2) is 0 Å². The van der Waals surface area contributed by atoms with E-state index in [4.69, 9.17) is 0 Å². The van der Waals surface area contributed by atoms with E-state index < -0.39 is 0 Å². The van der Waals surface area contributed by atoms with E-state index in [1.165, 1.54) is 28.1 Å². The zero-order chi connectivity index (χ0) is 24.0. The Morgan fingerprint density at radius 1 is 1.06 bits per heavy atom. The number of rotatable bonds is 10. The third-order valence-corrected chi connectivity index (χ3v) is 6.48. The van der Waals surface area contributed by atoms with Gasteiger partial charge in [0, 0.05) is 42.6 Å². The molecule has 0 radical (unpaired) electrons. The molecule has 1 unspecified atom stereocenters. The fourth-order valence-electron chi connectivity index (χ4n) is 4.42. The van der Waals surface area contributed by atoms with E-state index in [2.05, 4.69) is 99.0 Å². The Morgan fingerprint density at radius 3 is 2.36 bits per heavy atom. The Kier molecular flexibility index (Phi) is 8.32. The molecular weight excluding hydrogens is 402 g/mol. The lowest BCUT2D eigenvalue weighted by molar-refractivity contribution is 0.634. The van der Waals surface area contributed by atoms with Crippen molar-refractivity contribution in [2.75, 3.05) is 23.8 Å². The van der Waals surface area contributed by atoms with Gasteiger partial charge in [-0.2, -0.15) is 0 Å². The SMILES string of the molecule is C=C(C)c1ccncc1NCC(CCC)c1ccc(N(C)c2ccc(C(C)C)cc2)cc1C. The Balaban J connectivity index is 1.79. The molecule has 0 saturated heterocycles. The van der Waals surface area contributed by atoms with Crippen molar-refractivity contribution < 1.29 is 0 Å². The molecule has 0 aliphatic rings. The van der Waals surface area contributed by atoms with E-state index in [9.17, 15) is 0 Å². The van der Waals surface area contributed by atoms with Crippen molar-refractivity contribution in [2.45, 2.75) is 59.3 Å². The fraction of sp³-hybridized carbons (Fsp3) is 0.367. The average molecular weight is 442 g/mol. The lowest BCUT2D eigenvalue weighted by Crippen LogP contribution is -2.16. The molecule has 3 nitrogen and oxygen atoms in total. The number of aryl methyl sites for hydroxylation is 1. The van der Waals surface area contributed by atoms with Crippen molar-refractivity contribution in [3.8, 4) is 0 Å². The summed E-state index contributed by atoms with van der Waals surface area (Å²) in [7, 11) is 2.14. The minimum absolute atomic E-state index is 0.442. The molecule has 0 aliphatic carbocycles. The first-order valence-electron chi connectivity index (χ1n) is 12.1. The highest BCUT2D eigenvalue weighted by Gasteiger charge is 2.16. The third kappa shape index (κ3) is 6.04. The van der Waals surface area contributed by atoms with Gasteiger partial charge in [0.25, 0.3) is 0 Å². The van der Waals surface area contributed by atoms with E-state index in [1.54, 1.807) is 0 Å². The van der Waals surface area contributed by atoms with Crippen LogP contribution in [0.4, 0.5) is 17.1 Å². The summed E-state index contributed by atoms with van der Waals surface area (Å²) in [6, 6.07) is 17.8. The topological polar surface area (TPSA) is 28.2 Å². The molecule has 1 aromatic heterocycles. The molecule has 0 saturated carbocycles. The number of pyridine rings is 1. The largest absolute Gasteiger partial charge is 0.383 e. The number of anilines is 3. The Morgan fingerprint density at radius 2 is 1.76 bits per heavy atom. The summed E-state index contributed by atoms with van der Waals surface area (Å²) < 4.78 is 0. The second-order valence-corrected chi connectivity index (χ2v) is 9.41. The highest BCUT2D eigenvalue weighted by molar-refractivity contribution is 5.73. The van der Waals surface area contributed by atoms with Crippen LogP contribution in [0.2, 0.25) is 0 Å². The molecule has 0 aliphatic heterocycles. The second-order valence-electron chi connectivity index (χ2n) is 9.41. The van der Waals surface area contributed by atoms with Crippen molar-refractivity contribution in [2.24, 2.45) is 0 Å². The highest BCUT2D eigenvalue weighted by Crippen LogP contribution is 2.32. The molecule has 1 atom stereocenters. The van der Waals surface area contributed by atoms with Crippen LogP contribution in [0.25, 0.3) is 5.57 Å². The highest BCUT2D eigenvalue weighted by atomic mass is 15.1. The molecule has 174 valence electrons. The van der Waals surface area contributed by atoms with Crippen LogP contribution in [-0.2, 0) is 0 Å². The summed E-state index contributed by atoms with van der Waals surface area (Å²) in [4.78, 5) is 6.57. The number of nitrogens with zero attached hydrogens (tertiary/aromatic N) is 2. The van der Waals surface area contributed by atoms with Crippen molar-refractivity contribution in [3.05, 3.63) is 89.8 Å². The van der Waals surface area contributed by atoms with Crippen LogP contribution in [-0.4, -0.2) is 18.6 Å². The molecule has 0 amide bonds. The molecule has 1 heterocycles. The molecule has 0 fully saturated rings. The third-order valence-electron chi connectivity index (χ3n) is 6.48. The molecule has 33 heavy (non-hydrogen) atoms. The van der Waals surface area contributed by atoms with Gasteiger partial charge < -0.3 is 10.2 Å². The van der Waals surface area contributed by atoms with Gasteiger partial charge in [-0.1, -0.05) is 52.0 Å². The number of aromatic nitrogens is 1. The average Bonchev–Trinajstić information content (AvgIpc) is 2.81. The summed E-state index contributed by atoms with van der Waals surface area (Å²) >= 11 is 0. The van der Waals surface area contributed by atoms with Crippen LogP contribution in [0, 0.1) is 6.92 Å². The van der Waals surface area contributed by atoms with Crippen LogP contribution < -0.4 is 10.2 Å². The lowest BCUT2D eigenvalue weighted by atomic mass is 9.90. The van der Waals surface area contributed by atoms with E-state index in [0.29, 0.717) is 11.8 Å². The molecule has 3 heteroatoms. The maximum atomic E-state index is 4.31.